The highest BCUT2D eigenvalue weighted by Crippen LogP contribution is 2.35. The Labute approximate surface area is 124 Å². The molecule has 2 aromatic carbocycles. The second-order valence-corrected chi connectivity index (χ2v) is 5.47. The van der Waals surface area contributed by atoms with E-state index in [1.807, 2.05) is 6.07 Å². The van der Waals surface area contributed by atoms with Crippen molar-refractivity contribution in [2.24, 2.45) is 5.73 Å². The summed E-state index contributed by atoms with van der Waals surface area (Å²) in [6, 6.07) is 9.18. The van der Waals surface area contributed by atoms with Crippen LogP contribution < -0.4 is 10.5 Å². The molecule has 1 atom stereocenters. The molecule has 0 aliphatic heterocycles. The van der Waals surface area contributed by atoms with Gasteiger partial charge in [-0.05, 0) is 43.3 Å². The molecular weight excluding hydrogens is 333 g/mol. The summed E-state index contributed by atoms with van der Waals surface area (Å²) < 4.78 is 19.8. The lowest BCUT2D eigenvalue weighted by Gasteiger charge is -2.14. The first-order chi connectivity index (χ1) is 8.97. The lowest BCUT2D eigenvalue weighted by Crippen LogP contribution is -2.07. The van der Waals surface area contributed by atoms with Crippen molar-refractivity contribution in [2.45, 2.75) is 13.0 Å². The minimum atomic E-state index is -0.347. The van der Waals surface area contributed by atoms with E-state index in [1.165, 1.54) is 12.1 Å². The highest BCUT2D eigenvalue weighted by atomic mass is 79.9. The lowest BCUT2D eigenvalue weighted by molar-refractivity contribution is 0.469. The Hall–Kier alpha value is -1.10. The van der Waals surface area contributed by atoms with E-state index in [2.05, 4.69) is 15.9 Å². The predicted octanol–water partition coefficient (Wildman–Crippen LogP) is 5.05. The zero-order valence-electron chi connectivity index (χ0n) is 10.2. The summed E-state index contributed by atoms with van der Waals surface area (Å²) in [7, 11) is 0. The van der Waals surface area contributed by atoms with E-state index in [-0.39, 0.29) is 11.9 Å². The van der Waals surface area contributed by atoms with Crippen LogP contribution in [-0.2, 0) is 0 Å². The largest absolute Gasteiger partial charge is 0.455 e. The SMILES string of the molecule is C[C@@H](N)c1cc(F)ccc1Oc1cc(Br)ccc1Cl. The normalized spacial score (nSPS) is 12.3. The minimum Gasteiger partial charge on any atom is -0.455 e. The smallest absolute Gasteiger partial charge is 0.147 e. The molecule has 0 unspecified atom stereocenters. The molecule has 0 aliphatic rings. The summed E-state index contributed by atoms with van der Waals surface area (Å²) in [6.45, 7) is 1.77. The van der Waals surface area contributed by atoms with Gasteiger partial charge in [-0.2, -0.15) is 0 Å². The van der Waals surface area contributed by atoms with Crippen molar-refractivity contribution in [2.75, 3.05) is 0 Å². The molecule has 100 valence electrons. The molecule has 0 aromatic heterocycles. The van der Waals surface area contributed by atoms with Crippen molar-refractivity contribution in [3.8, 4) is 11.5 Å². The molecule has 2 rings (SSSR count). The van der Waals surface area contributed by atoms with Crippen LogP contribution in [0.5, 0.6) is 11.5 Å². The van der Waals surface area contributed by atoms with Gasteiger partial charge >= 0.3 is 0 Å². The summed E-state index contributed by atoms with van der Waals surface area (Å²) in [6.07, 6.45) is 0. The number of benzene rings is 2. The van der Waals surface area contributed by atoms with Gasteiger partial charge in [-0.1, -0.05) is 27.5 Å². The van der Waals surface area contributed by atoms with Crippen molar-refractivity contribution in [1.82, 2.24) is 0 Å². The van der Waals surface area contributed by atoms with Gasteiger partial charge < -0.3 is 10.5 Å². The molecular formula is C14H12BrClFNO. The molecule has 2 aromatic rings. The highest BCUT2D eigenvalue weighted by Gasteiger charge is 2.12. The molecule has 0 heterocycles. The predicted molar refractivity (Wildman–Crippen MR) is 78.2 cm³/mol. The zero-order chi connectivity index (χ0) is 14.0. The molecule has 0 saturated carbocycles. The quantitative estimate of drug-likeness (QED) is 0.845. The van der Waals surface area contributed by atoms with Crippen molar-refractivity contribution in [3.63, 3.8) is 0 Å². The van der Waals surface area contributed by atoms with Crippen molar-refractivity contribution in [1.29, 1.82) is 0 Å². The van der Waals surface area contributed by atoms with Crippen LogP contribution in [0.25, 0.3) is 0 Å². The van der Waals surface area contributed by atoms with E-state index >= 15 is 0 Å². The number of rotatable bonds is 3. The number of nitrogens with two attached hydrogens (primary N) is 1. The molecule has 19 heavy (non-hydrogen) atoms. The molecule has 2 nitrogen and oxygen atoms in total. The number of hydrogen-bond acceptors (Lipinski definition) is 2. The summed E-state index contributed by atoms with van der Waals surface area (Å²) >= 11 is 9.40. The van der Waals surface area contributed by atoms with E-state index < -0.39 is 0 Å². The van der Waals surface area contributed by atoms with E-state index in [0.29, 0.717) is 22.1 Å². The topological polar surface area (TPSA) is 35.2 Å². The average Bonchev–Trinajstić information content (AvgIpc) is 2.35. The second kappa shape index (κ2) is 5.90. The molecule has 0 bridgehead atoms. The summed E-state index contributed by atoms with van der Waals surface area (Å²) in [5.74, 6) is 0.640. The third-order valence-electron chi connectivity index (χ3n) is 2.58. The van der Waals surface area contributed by atoms with Gasteiger partial charge in [0.2, 0.25) is 0 Å². The average molecular weight is 345 g/mol. The maximum atomic E-state index is 13.2. The van der Waals surface area contributed by atoms with Crippen LogP contribution in [0.2, 0.25) is 5.02 Å². The van der Waals surface area contributed by atoms with Gasteiger partial charge in [-0.25, -0.2) is 4.39 Å². The fourth-order valence-electron chi connectivity index (χ4n) is 1.64. The molecule has 5 heteroatoms. The third-order valence-corrected chi connectivity index (χ3v) is 3.38. The van der Waals surface area contributed by atoms with Gasteiger partial charge in [0, 0.05) is 16.1 Å². The Bertz CT molecular complexity index is 604. The summed E-state index contributed by atoms with van der Waals surface area (Å²) in [5.41, 5.74) is 6.41. The van der Waals surface area contributed by atoms with Crippen LogP contribution in [0.15, 0.2) is 40.9 Å². The maximum Gasteiger partial charge on any atom is 0.147 e. The van der Waals surface area contributed by atoms with Crippen LogP contribution in [0.4, 0.5) is 4.39 Å². The van der Waals surface area contributed by atoms with Gasteiger partial charge in [0.05, 0.1) is 5.02 Å². The summed E-state index contributed by atoms with van der Waals surface area (Å²) in [4.78, 5) is 0. The van der Waals surface area contributed by atoms with E-state index in [9.17, 15) is 4.39 Å². The van der Waals surface area contributed by atoms with Crippen LogP contribution in [0.1, 0.15) is 18.5 Å². The first-order valence-electron chi connectivity index (χ1n) is 5.65. The molecule has 0 amide bonds. The highest BCUT2D eigenvalue weighted by molar-refractivity contribution is 9.10. The van der Waals surface area contributed by atoms with Crippen LogP contribution in [-0.4, -0.2) is 0 Å². The van der Waals surface area contributed by atoms with Crippen LogP contribution in [0.3, 0.4) is 0 Å². The Morgan fingerprint density at radius 2 is 1.95 bits per heavy atom. The number of ether oxygens (including phenoxy) is 1. The third kappa shape index (κ3) is 3.47. The second-order valence-electron chi connectivity index (χ2n) is 4.15. The van der Waals surface area contributed by atoms with Gasteiger partial charge in [-0.3, -0.25) is 0 Å². The van der Waals surface area contributed by atoms with E-state index in [0.717, 1.165) is 4.47 Å². The first-order valence-corrected chi connectivity index (χ1v) is 6.82. The lowest BCUT2D eigenvalue weighted by atomic mass is 10.1. The van der Waals surface area contributed by atoms with Gasteiger partial charge in [0.15, 0.2) is 0 Å². The Kier molecular flexibility index (Phi) is 4.45. The fourth-order valence-corrected chi connectivity index (χ4v) is 2.14. The Morgan fingerprint density at radius 3 is 2.63 bits per heavy atom. The molecule has 0 aliphatic carbocycles. The summed E-state index contributed by atoms with van der Waals surface area (Å²) in [5, 5.41) is 0.475. The van der Waals surface area contributed by atoms with Crippen molar-refractivity contribution in [3.05, 3.63) is 57.3 Å². The minimum absolute atomic E-state index is 0.336. The number of halogens is 3. The van der Waals surface area contributed by atoms with E-state index in [1.54, 1.807) is 25.1 Å². The van der Waals surface area contributed by atoms with Crippen LogP contribution in [0, 0.1) is 5.82 Å². The Morgan fingerprint density at radius 1 is 1.21 bits per heavy atom. The molecule has 2 N–H and O–H groups in total. The van der Waals surface area contributed by atoms with Gasteiger partial charge in [0.1, 0.15) is 17.3 Å². The first kappa shape index (κ1) is 14.3. The maximum absolute atomic E-state index is 13.2. The van der Waals surface area contributed by atoms with Gasteiger partial charge in [0.25, 0.3) is 0 Å². The van der Waals surface area contributed by atoms with Crippen molar-refractivity contribution < 1.29 is 9.13 Å². The van der Waals surface area contributed by atoms with Gasteiger partial charge in [-0.15, -0.1) is 0 Å². The zero-order valence-corrected chi connectivity index (χ0v) is 12.5. The number of hydrogen-bond donors (Lipinski definition) is 1. The Balaban J connectivity index is 2.40. The molecule has 0 spiro atoms. The van der Waals surface area contributed by atoms with Crippen LogP contribution >= 0.6 is 27.5 Å². The standard InChI is InChI=1S/C14H12BrClFNO/c1-8(18)11-7-10(17)3-5-13(11)19-14-6-9(15)2-4-12(14)16/h2-8H,18H2,1H3/t8-/m1/s1. The monoisotopic (exact) mass is 343 g/mol. The fraction of sp³-hybridized carbons (Fsp3) is 0.143. The molecule has 0 fully saturated rings. The van der Waals surface area contributed by atoms with E-state index in [4.69, 9.17) is 22.1 Å². The molecule has 0 saturated heterocycles. The van der Waals surface area contributed by atoms with Crippen molar-refractivity contribution >= 4 is 27.5 Å². The molecule has 0 radical (unpaired) electrons.